The van der Waals surface area contributed by atoms with Crippen LogP contribution in [-0.2, 0) is 0 Å². The van der Waals surface area contributed by atoms with E-state index in [2.05, 4.69) is 4.98 Å². The Morgan fingerprint density at radius 2 is 1.75 bits per heavy atom. The Bertz CT molecular complexity index is 769. The Morgan fingerprint density at radius 1 is 0.950 bits per heavy atom. The number of nitrogens with zero attached hydrogens (tertiary/aromatic N) is 1. The monoisotopic (exact) mass is 265 g/mol. The van der Waals surface area contributed by atoms with Crippen molar-refractivity contribution in [2.24, 2.45) is 0 Å². The summed E-state index contributed by atoms with van der Waals surface area (Å²) in [6.45, 7) is 0. The van der Waals surface area contributed by atoms with E-state index in [0.717, 1.165) is 0 Å². The largest absolute Gasteiger partial charge is 0.507 e. The molecule has 1 heterocycles. The fourth-order valence-corrected chi connectivity index (χ4v) is 2.00. The quantitative estimate of drug-likeness (QED) is 0.571. The number of aromatic nitrogens is 1. The number of carbonyl (C=O) groups excluding carboxylic acids is 1. The molecule has 3 aromatic rings. The highest BCUT2D eigenvalue weighted by Gasteiger charge is 2.15. The van der Waals surface area contributed by atoms with Gasteiger partial charge in [0, 0.05) is 17.0 Å². The molecule has 0 saturated carbocycles. The van der Waals surface area contributed by atoms with Crippen LogP contribution in [0.25, 0.3) is 10.8 Å². The molecule has 98 valence electrons. The number of ether oxygens (including phenoxy) is 1. The number of benzene rings is 2. The van der Waals surface area contributed by atoms with Crippen molar-refractivity contribution >= 4 is 16.7 Å². The van der Waals surface area contributed by atoms with Crippen LogP contribution in [-0.4, -0.2) is 16.1 Å². The minimum Gasteiger partial charge on any atom is -0.507 e. The van der Waals surface area contributed by atoms with Gasteiger partial charge in [0.2, 0.25) is 0 Å². The summed E-state index contributed by atoms with van der Waals surface area (Å²) >= 11 is 0. The van der Waals surface area contributed by atoms with Gasteiger partial charge in [-0.1, -0.05) is 30.3 Å². The highest BCUT2D eigenvalue weighted by molar-refractivity contribution is 6.04. The van der Waals surface area contributed by atoms with Crippen LogP contribution in [0.3, 0.4) is 0 Å². The topological polar surface area (TPSA) is 59.4 Å². The van der Waals surface area contributed by atoms with Gasteiger partial charge in [-0.25, -0.2) is 9.78 Å². The first-order chi connectivity index (χ1) is 9.75. The highest BCUT2D eigenvalue weighted by Crippen LogP contribution is 2.26. The van der Waals surface area contributed by atoms with E-state index >= 15 is 0 Å². The van der Waals surface area contributed by atoms with Crippen LogP contribution in [0.4, 0.5) is 0 Å². The summed E-state index contributed by atoms with van der Waals surface area (Å²) in [5.41, 5.74) is 0.183. The minimum absolute atomic E-state index is 0.110. The number of pyridine rings is 1. The number of fused-ring (bicyclic) bond motifs is 1. The molecule has 0 atom stereocenters. The van der Waals surface area contributed by atoms with E-state index in [0.29, 0.717) is 16.5 Å². The molecule has 0 amide bonds. The van der Waals surface area contributed by atoms with Crippen LogP contribution in [0.2, 0.25) is 0 Å². The van der Waals surface area contributed by atoms with Crippen LogP contribution in [0.1, 0.15) is 10.5 Å². The summed E-state index contributed by atoms with van der Waals surface area (Å²) in [6, 6.07) is 15.4. The lowest BCUT2D eigenvalue weighted by atomic mass is 10.1. The Kier molecular flexibility index (Phi) is 3.05. The number of para-hydroxylation sites is 1. The molecular formula is C16H11NO3. The number of carbonyl (C=O) groups is 1. The summed E-state index contributed by atoms with van der Waals surface area (Å²) in [5, 5.41) is 10.9. The number of rotatable bonds is 2. The first-order valence-corrected chi connectivity index (χ1v) is 6.09. The third-order valence-corrected chi connectivity index (χ3v) is 2.93. The number of aromatic hydroxyl groups is 1. The van der Waals surface area contributed by atoms with Gasteiger partial charge in [0.25, 0.3) is 0 Å². The molecule has 0 spiro atoms. The first-order valence-electron chi connectivity index (χ1n) is 6.09. The molecular weight excluding hydrogens is 254 g/mol. The van der Waals surface area contributed by atoms with Crippen LogP contribution in [0, 0.1) is 0 Å². The third kappa shape index (κ3) is 2.19. The summed E-state index contributed by atoms with van der Waals surface area (Å²) in [5.74, 6) is 0.0162. The van der Waals surface area contributed by atoms with Crippen LogP contribution < -0.4 is 4.74 Å². The molecule has 0 saturated heterocycles. The lowest BCUT2D eigenvalue weighted by molar-refractivity contribution is 0.0731. The number of hydrogen-bond acceptors (Lipinski definition) is 4. The summed E-state index contributed by atoms with van der Waals surface area (Å²) < 4.78 is 5.27. The van der Waals surface area contributed by atoms with Crippen molar-refractivity contribution in [2.45, 2.75) is 0 Å². The minimum atomic E-state index is -0.549. The zero-order chi connectivity index (χ0) is 13.9. The zero-order valence-corrected chi connectivity index (χ0v) is 10.5. The fraction of sp³-hybridized carbons (Fsp3) is 0. The molecule has 1 aromatic heterocycles. The lowest BCUT2D eigenvalue weighted by Crippen LogP contribution is -2.11. The normalized spacial score (nSPS) is 10.4. The molecule has 4 nitrogen and oxygen atoms in total. The summed E-state index contributed by atoms with van der Waals surface area (Å²) in [6.07, 6.45) is 1.48. The van der Waals surface area contributed by atoms with E-state index in [1.165, 1.54) is 6.20 Å². The summed E-state index contributed by atoms with van der Waals surface area (Å²) in [7, 11) is 0. The molecule has 1 N–H and O–H groups in total. The highest BCUT2D eigenvalue weighted by atomic mass is 16.5. The van der Waals surface area contributed by atoms with Crippen LogP contribution >= 0.6 is 0 Å². The average molecular weight is 265 g/mol. The molecule has 3 rings (SSSR count). The molecule has 4 heteroatoms. The van der Waals surface area contributed by atoms with Crippen molar-refractivity contribution in [3.05, 3.63) is 66.5 Å². The average Bonchev–Trinajstić information content (AvgIpc) is 2.48. The van der Waals surface area contributed by atoms with E-state index in [-0.39, 0.29) is 11.4 Å². The number of phenols is 1. The standard InChI is InChI=1S/C16H11NO3/c18-14-8-4-7-13-12(14)9-10-17-15(13)16(19)20-11-5-2-1-3-6-11/h1-10,18H. The maximum Gasteiger partial charge on any atom is 0.362 e. The van der Waals surface area contributed by atoms with Crippen LogP contribution in [0.15, 0.2) is 60.8 Å². The van der Waals surface area contributed by atoms with Gasteiger partial charge < -0.3 is 9.84 Å². The second-order valence-corrected chi connectivity index (χ2v) is 4.23. The molecule has 0 aliphatic rings. The Labute approximate surface area is 115 Å². The van der Waals surface area contributed by atoms with E-state index in [1.54, 1.807) is 48.5 Å². The van der Waals surface area contributed by atoms with E-state index in [9.17, 15) is 9.90 Å². The number of hydrogen-bond donors (Lipinski definition) is 1. The Morgan fingerprint density at radius 3 is 2.55 bits per heavy atom. The first kappa shape index (κ1) is 12.2. The molecule has 0 fully saturated rings. The molecule has 0 radical (unpaired) electrons. The fourth-order valence-electron chi connectivity index (χ4n) is 2.00. The van der Waals surface area contributed by atoms with E-state index in [4.69, 9.17) is 4.74 Å². The summed E-state index contributed by atoms with van der Waals surface area (Å²) in [4.78, 5) is 16.2. The van der Waals surface area contributed by atoms with Crippen molar-refractivity contribution < 1.29 is 14.6 Å². The van der Waals surface area contributed by atoms with Crippen LogP contribution in [0.5, 0.6) is 11.5 Å². The lowest BCUT2D eigenvalue weighted by Gasteiger charge is -2.07. The van der Waals surface area contributed by atoms with Gasteiger partial charge >= 0.3 is 5.97 Å². The third-order valence-electron chi connectivity index (χ3n) is 2.93. The maximum atomic E-state index is 12.2. The van der Waals surface area contributed by atoms with Crippen molar-refractivity contribution in [1.29, 1.82) is 0 Å². The van der Waals surface area contributed by atoms with Gasteiger partial charge in [-0.3, -0.25) is 0 Å². The molecule has 0 aliphatic carbocycles. The van der Waals surface area contributed by atoms with E-state index in [1.807, 2.05) is 6.07 Å². The van der Waals surface area contributed by atoms with Crippen molar-refractivity contribution in [1.82, 2.24) is 4.98 Å². The zero-order valence-electron chi connectivity index (χ0n) is 10.5. The molecule has 20 heavy (non-hydrogen) atoms. The van der Waals surface area contributed by atoms with Crippen molar-refractivity contribution in [3.8, 4) is 11.5 Å². The van der Waals surface area contributed by atoms with Gasteiger partial charge in [-0.05, 0) is 24.3 Å². The predicted molar refractivity (Wildman–Crippen MR) is 74.8 cm³/mol. The maximum absolute atomic E-state index is 12.2. The van der Waals surface area contributed by atoms with Gasteiger partial charge in [0.15, 0.2) is 5.69 Å². The molecule has 2 aromatic carbocycles. The van der Waals surface area contributed by atoms with Gasteiger partial charge in [-0.15, -0.1) is 0 Å². The van der Waals surface area contributed by atoms with Gasteiger partial charge in [-0.2, -0.15) is 0 Å². The molecule has 0 unspecified atom stereocenters. The van der Waals surface area contributed by atoms with Gasteiger partial charge in [0.1, 0.15) is 11.5 Å². The number of esters is 1. The van der Waals surface area contributed by atoms with Gasteiger partial charge in [0.05, 0.1) is 0 Å². The second kappa shape index (κ2) is 5.01. The molecule has 0 bridgehead atoms. The second-order valence-electron chi connectivity index (χ2n) is 4.23. The van der Waals surface area contributed by atoms with Crippen molar-refractivity contribution in [2.75, 3.05) is 0 Å². The number of phenolic OH excluding ortho intramolecular Hbond substituents is 1. The Hall–Kier alpha value is -2.88. The smallest absolute Gasteiger partial charge is 0.362 e. The van der Waals surface area contributed by atoms with Crippen molar-refractivity contribution in [3.63, 3.8) is 0 Å². The predicted octanol–water partition coefficient (Wildman–Crippen LogP) is 3.16. The SMILES string of the molecule is O=C(Oc1ccccc1)c1nccc2c(O)cccc12. The molecule has 0 aliphatic heterocycles. The van der Waals surface area contributed by atoms with E-state index < -0.39 is 5.97 Å². The Balaban J connectivity index is 2.02.